The Morgan fingerprint density at radius 3 is 2.50 bits per heavy atom. The van der Waals surface area contributed by atoms with E-state index in [1.54, 1.807) is 13.2 Å². The Balaban J connectivity index is 1.35. The molecule has 1 aliphatic carbocycles. The van der Waals surface area contributed by atoms with E-state index in [9.17, 15) is 14.1 Å². The number of carbonyl (C=O) groups excluding carboxylic acids is 2. The highest BCUT2D eigenvalue weighted by Gasteiger charge is 2.44. The first kappa shape index (κ1) is 27.0. The van der Waals surface area contributed by atoms with Crippen LogP contribution in [0.3, 0.4) is 0 Å². The van der Waals surface area contributed by atoms with Crippen molar-refractivity contribution in [2.45, 2.75) is 52.0 Å². The molecule has 2 aromatic rings. The first-order chi connectivity index (χ1) is 18.3. The van der Waals surface area contributed by atoms with E-state index in [4.69, 9.17) is 4.74 Å². The summed E-state index contributed by atoms with van der Waals surface area (Å²) < 4.78 is 22.5. The zero-order chi connectivity index (χ0) is 26.9. The lowest BCUT2D eigenvalue weighted by atomic mass is 9.93. The summed E-state index contributed by atoms with van der Waals surface area (Å²) in [4.78, 5) is 27.6. The smallest absolute Gasteiger partial charge is 0.317 e. The van der Waals surface area contributed by atoms with Gasteiger partial charge in [-0.2, -0.15) is 4.31 Å². The fourth-order valence-corrected chi connectivity index (χ4v) is 7.17. The van der Waals surface area contributed by atoms with Gasteiger partial charge in [-0.1, -0.05) is 6.07 Å². The number of benzene rings is 2. The van der Waals surface area contributed by atoms with Crippen LogP contribution in [0.15, 0.2) is 36.4 Å². The van der Waals surface area contributed by atoms with Gasteiger partial charge in [0, 0.05) is 24.5 Å². The molecule has 2 aliphatic heterocycles. The number of hydrogen-bond acceptors (Lipinski definition) is 8. The van der Waals surface area contributed by atoms with Crippen molar-refractivity contribution in [3.63, 3.8) is 0 Å². The van der Waals surface area contributed by atoms with Crippen molar-refractivity contribution in [1.82, 2.24) is 0 Å². The molecule has 2 fully saturated rings. The minimum atomic E-state index is -1.13. The van der Waals surface area contributed by atoms with Gasteiger partial charge in [-0.15, -0.1) is 0 Å². The van der Waals surface area contributed by atoms with Gasteiger partial charge < -0.3 is 24.2 Å². The summed E-state index contributed by atoms with van der Waals surface area (Å²) in [6.45, 7) is 6.07. The second-order valence-corrected chi connectivity index (χ2v) is 12.5. The van der Waals surface area contributed by atoms with Crippen molar-refractivity contribution in [3.05, 3.63) is 47.5 Å². The number of fused-ring (bicyclic) bond motifs is 1. The highest BCUT2D eigenvalue weighted by molar-refractivity contribution is 8.01. The van der Waals surface area contributed by atoms with E-state index in [1.807, 2.05) is 40.7 Å². The lowest BCUT2D eigenvalue weighted by molar-refractivity contribution is -0.139. The number of rotatable bonds is 9. The van der Waals surface area contributed by atoms with Gasteiger partial charge in [0.15, 0.2) is 0 Å². The highest BCUT2D eigenvalue weighted by Crippen LogP contribution is 2.54. The van der Waals surface area contributed by atoms with E-state index >= 15 is 0 Å². The Morgan fingerprint density at radius 1 is 1.11 bits per heavy atom. The molecule has 0 radical (unpaired) electrons. The highest BCUT2D eigenvalue weighted by atomic mass is 32.2. The molecule has 2 unspecified atom stereocenters. The molecule has 5 rings (SSSR count). The third-order valence-corrected chi connectivity index (χ3v) is 9.69. The van der Waals surface area contributed by atoms with Crippen LogP contribution in [0.5, 0.6) is 0 Å². The summed E-state index contributed by atoms with van der Waals surface area (Å²) in [6, 6.07) is 11.7. The van der Waals surface area contributed by atoms with Gasteiger partial charge in [0.1, 0.15) is 12.0 Å². The van der Waals surface area contributed by atoms with E-state index in [-0.39, 0.29) is 23.7 Å². The number of esters is 1. The summed E-state index contributed by atoms with van der Waals surface area (Å²) in [5.41, 5.74) is 5.62. The molecule has 0 aromatic heterocycles. The average Bonchev–Trinajstić information content (AvgIpc) is 3.55. The van der Waals surface area contributed by atoms with Crippen LogP contribution in [0.2, 0.25) is 0 Å². The van der Waals surface area contributed by atoms with Crippen LogP contribution in [-0.4, -0.2) is 54.2 Å². The minimum Gasteiger partial charge on any atom is -0.593 e. The molecule has 38 heavy (non-hydrogen) atoms. The first-order valence-corrected chi connectivity index (χ1v) is 15.8. The van der Waals surface area contributed by atoms with Gasteiger partial charge in [-0.05, 0) is 99.2 Å². The van der Waals surface area contributed by atoms with Crippen molar-refractivity contribution in [1.29, 1.82) is 0 Å². The predicted octanol–water partition coefficient (Wildman–Crippen LogP) is 4.99. The van der Waals surface area contributed by atoms with Gasteiger partial charge >= 0.3 is 5.97 Å². The van der Waals surface area contributed by atoms with Gasteiger partial charge in [0.25, 0.3) is 5.91 Å². The van der Waals surface area contributed by atoms with Crippen LogP contribution < -0.4 is 19.2 Å². The van der Waals surface area contributed by atoms with Gasteiger partial charge in [-0.3, -0.25) is 9.59 Å². The number of piperidine rings is 1. The third-order valence-electron chi connectivity index (χ3n) is 7.82. The predicted molar refractivity (Wildman–Crippen MR) is 156 cm³/mol. The summed E-state index contributed by atoms with van der Waals surface area (Å²) in [5, 5.41) is 3.08. The Hall–Kier alpha value is -2.56. The molecule has 10 heteroatoms. The fraction of sp³-hybridized carbons (Fsp3) is 0.500. The van der Waals surface area contributed by atoms with Crippen LogP contribution in [0, 0.1) is 5.41 Å². The van der Waals surface area contributed by atoms with Gasteiger partial charge in [0.05, 0.1) is 40.9 Å². The van der Waals surface area contributed by atoms with Crippen LogP contribution in [0.4, 0.5) is 22.7 Å². The second kappa shape index (κ2) is 11.3. The zero-order valence-corrected chi connectivity index (χ0v) is 23.9. The van der Waals surface area contributed by atoms with Crippen LogP contribution >= 0.6 is 11.9 Å². The second-order valence-electron chi connectivity index (χ2n) is 10.5. The summed E-state index contributed by atoms with van der Waals surface area (Å²) in [7, 11) is 0. The maximum Gasteiger partial charge on any atom is 0.317 e. The van der Waals surface area contributed by atoms with E-state index in [2.05, 4.69) is 21.9 Å². The minimum absolute atomic E-state index is 0.156. The molecule has 0 bridgehead atoms. The van der Waals surface area contributed by atoms with E-state index in [0.717, 1.165) is 55.0 Å². The molecule has 1 spiro atoms. The summed E-state index contributed by atoms with van der Waals surface area (Å²) in [5.74, 6) is -0.234. The molecule has 1 saturated carbocycles. The Labute approximate surface area is 232 Å². The molecule has 2 N–H and O–H groups in total. The van der Waals surface area contributed by atoms with Crippen LogP contribution in [-0.2, 0) is 27.3 Å². The number of ether oxygens (including phenoxy) is 1. The number of hydrogen-bond donors (Lipinski definition) is 2. The first-order valence-electron chi connectivity index (χ1n) is 13.3. The average molecular weight is 557 g/mol. The van der Waals surface area contributed by atoms with E-state index in [1.165, 1.54) is 24.8 Å². The lowest BCUT2D eigenvalue weighted by Gasteiger charge is -2.35. The number of nitrogens with zero attached hydrogens (tertiary/aromatic N) is 2. The molecule has 8 nitrogen and oxygen atoms in total. The Bertz CT molecular complexity index is 1190. The number of amides is 1. The molecule has 2 heterocycles. The molecular weight excluding hydrogens is 520 g/mol. The summed E-state index contributed by atoms with van der Waals surface area (Å²) in [6.07, 6.45) is 7.46. The van der Waals surface area contributed by atoms with Gasteiger partial charge in [-0.25, -0.2) is 0 Å². The lowest BCUT2D eigenvalue weighted by Crippen LogP contribution is -2.35. The van der Waals surface area contributed by atoms with Crippen molar-refractivity contribution >= 4 is 57.9 Å². The molecule has 3 aliphatic rings. The summed E-state index contributed by atoms with van der Waals surface area (Å²) >= 11 is 0.145. The standard InChI is InChI=1S/C28H36N4O4S2/c1-4-36-26(33)18-37-30-22-7-8-23(25(17-22)31-13-11-28(9-10-28)12-14-31)27(34)29-21-6-5-20-15-19(2)32(38(3)35)24(20)16-21/h5-8,16-17,19,30H,4,9-15,18H2,1-3H3,(H,29,34). The normalized spacial score (nSPS) is 20.2. The molecule has 2 atom stereocenters. The van der Waals surface area contributed by atoms with Crippen LogP contribution in [0.1, 0.15) is 55.5 Å². The van der Waals surface area contributed by atoms with Crippen molar-refractivity contribution in [2.75, 3.05) is 50.9 Å². The molecule has 2 aromatic carbocycles. The molecule has 204 valence electrons. The topological polar surface area (TPSA) is 97.0 Å². The fourth-order valence-electron chi connectivity index (χ4n) is 5.58. The Kier molecular flexibility index (Phi) is 8.02. The largest absolute Gasteiger partial charge is 0.593 e. The third kappa shape index (κ3) is 5.87. The van der Waals surface area contributed by atoms with Crippen LogP contribution in [0.25, 0.3) is 0 Å². The SMILES string of the molecule is CCOC(=O)CSNc1ccc(C(=O)Nc2ccc3c(c2)N([S+](C)[O-])C(C)C3)c(N2CCC3(CC2)CC3)c1. The molecule has 1 amide bonds. The Morgan fingerprint density at radius 2 is 1.82 bits per heavy atom. The zero-order valence-electron chi connectivity index (χ0n) is 22.2. The quantitative estimate of drug-likeness (QED) is 0.253. The van der Waals surface area contributed by atoms with Gasteiger partial charge in [0.2, 0.25) is 0 Å². The van der Waals surface area contributed by atoms with Crippen molar-refractivity contribution < 1.29 is 18.9 Å². The van der Waals surface area contributed by atoms with Crippen molar-refractivity contribution in [2.24, 2.45) is 5.41 Å². The van der Waals surface area contributed by atoms with E-state index in [0.29, 0.717) is 23.3 Å². The monoisotopic (exact) mass is 556 g/mol. The maximum atomic E-state index is 13.6. The van der Waals surface area contributed by atoms with E-state index < -0.39 is 11.4 Å². The van der Waals surface area contributed by atoms with Crippen molar-refractivity contribution in [3.8, 4) is 0 Å². The number of nitrogens with one attached hydrogen (secondary N) is 2. The molecule has 1 saturated heterocycles. The maximum absolute atomic E-state index is 13.6. The molecular formula is C28H36N4O4S2. The number of anilines is 4. The number of carbonyl (C=O) groups is 2.